The molecule has 0 saturated carbocycles. The number of nitrogens with zero attached hydrogens (tertiary/aromatic N) is 3. The van der Waals surface area contributed by atoms with Crippen molar-refractivity contribution in [2.75, 3.05) is 20.6 Å². The topological polar surface area (TPSA) is 47.1 Å². The molecule has 1 aromatic carbocycles. The molecule has 1 heterocycles. The first-order chi connectivity index (χ1) is 9.90. The van der Waals surface area contributed by atoms with Crippen molar-refractivity contribution < 1.29 is 0 Å². The summed E-state index contributed by atoms with van der Waals surface area (Å²) in [4.78, 5) is 2.10. The first-order valence-corrected chi connectivity index (χ1v) is 8.71. The van der Waals surface area contributed by atoms with Crippen molar-refractivity contribution in [1.29, 1.82) is 0 Å². The van der Waals surface area contributed by atoms with Gasteiger partial charge in [-0.25, -0.2) is 0 Å². The highest BCUT2D eigenvalue weighted by Crippen LogP contribution is 2.30. The highest BCUT2D eigenvalue weighted by atomic mass is 127. The maximum Gasteiger partial charge on any atom is 0.0837 e. The van der Waals surface area contributed by atoms with Crippen LogP contribution < -0.4 is 5.73 Å². The minimum atomic E-state index is -0.299. The van der Waals surface area contributed by atoms with Gasteiger partial charge >= 0.3 is 0 Å². The van der Waals surface area contributed by atoms with E-state index in [0.29, 0.717) is 5.02 Å². The van der Waals surface area contributed by atoms with Crippen molar-refractivity contribution in [3.63, 3.8) is 0 Å². The molecule has 0 aliphatic rings. The van der Waals surface area contributed by atoms with Crippen LogP contribution in [0.4, 0.5) is 0 Å². The SMILES string of the molecule is CN(C)CCn1ncc(Cl)c1C(N)c1cc(Br)ccc1I. The predicted molar refractivity (Wildman–Crippen MR) is 98.7 cm³/mol. The van der Waals surface area contributed by atoms with Crippen molar-refractivity contribution in [2.24, 2.45) is 5.73 Å². The molecule has 0 bridgehead atoms. The summed E-state index contributed by atoms with van der Waals surface area (Å²) in [7, 11) is 4.06. The van der Waals surface area contributed by atoms with E-state index in [0.717, 1.165) is 32.4 Å². The van der Waals surface area contributed by atoms with Gasteiger partial charge in [0.2, 0.25) is 0 Å². The molecule has 114 valence electrons. The van der Waals surface area contributed by atoms with Crippen LogP contribution in [-0.4, -0.2) is 35.3 Å². The summed E-state index contributed by atoms with van der Waals surface area (Å²) in [5, 5.41) is 4.96. The fraction of sp³-hybridized carbons (Fsp3) is 0.357. The summed E-state index contributed by atoms with van der Waals surface area (Å²) in [6.07, 6.45) is 1.66. The molecule has 0 amide bonds. The molecule has 0 spiro atoms. The van der Waals surface area contributed by atoms with Gasteiger partial charge in [0.25, 0.3) is 0 Å². The molecule has 21 heavy (non-hydrogen) atoms. The zero-order chi connectivity index (χ0) is 15.6. The summed E-state index contributed by atoms with van der Waals surface area (Å²) in [5.41, 5.74) is 8.35. The third-order valence-corrected chi connectivity index (χ3v) is 4.95. The smallest absolute Gasteiger partial charge is 0.0837 e. The molecule has 2 N–H and O–H groups in total. The van der Waals surface area contributed by atoms with Gasteiger partial charge in [0.15, 0.2) is 0 Å². The van der Waals surface area contributed by atoms with Crippen LogP contribution in [0.3, 0.4) is 0 Å². The minimum absolute atomic E-state index is 0.299. The standard InChI is InChI=1S/C14H17BrClIN4/c1-20(2)5-6-21-14(11(16)8-19-21)13(18)10-7-9(15)3-4-12(10)17/h3-4,7-8,13H,5-6,18H2,1-2H3. The fourth-order valence-electron chi connectivity index (χ4n) is 2.05. The largest absolute Gasteiger partial charge is 0.319 e. The summed E-state index contributed by atoms with van der Waals surface area (Å²) in [6.45, 7) is 1.64. The average Bonchev–Trinajstić information content (AvgIpc) is 2.79. The van der Waals surface area contributed by atoms with Crippen LogP contribution >= 0.6 is 50.1 Å². The fourth-order valence-corrected chi connectivity index (χ4v) is 3.36. The lowest BCUT2D eigenvalue weighted by molar-refractivity contribution is 0.368. The third kappa shape index (κ3) is 4.19. The Morgan fingerprint density at radius 2 is 2.19 bits per heavy atom. The van der Waals surface area contributed by atoms with E-state index >= 15 is 0 Å². The Morgan fingerprint density at radius 3 is 2.86 bits per heavy atom. The Morgan fingerprint density at radius 1 is 1.48 bits per heavy atom. The van der Waals surface area contributed by atoms with E-state index in [1.165, 1.54) is 0 Å². The van der Waals surface area contributed by atoms with E-state index in [1.807, 2.05) is 37.0 Å². The molecule has 7 heteroatoms. The number of hydrogen-bond donors (Lipinski definition) is 1. The Hall–Kier alpha value is -0.150. The monoisotopic (exact) mass is 482 g/mol. The van der Waals surface area contributed by atoms with Gasteiger partial charge in [-0.1, -0.05) is 27.5 Å². The lowest BCUT2D eigenvalue weighted by atomic mass is 10.0. The number of aromatic nitrogens is 2. The van der Waals surface area contributed by atoms with E-state index in [-0.39, 0.29) is 6.04 Å². The number of likely N-dealkylation sites (N-methyl/N-ethyl adjacent to an activating group) is 1. The first-order valence-electron chi connectivity index (χ1n) is 6.46. The molecule has 4 nitrogen and oxygen atoms in total. The maximum absolute atomic E-state index is 6.45. The molecule has 1 atom stereocenters. The van der Waals surface area contributed by atoms with Crippen LogP contribution in [0.25, 0.3) is 0 Å². The van der Waals surface area contributed by atoms with Crippen LogP contribution in [0.1, 0.15) is 17.3 Å². The molecule has 0 fully saturated rings. The second-order valence-electron chi connectivity index (χ2n) is 5.05. The summed E-state index contributed by atoms with van der Waals surface area (Å²) in [5.74, 6) is 0. The van der Waals surface area contributed by atoms with E-state index in [1.54, 1.807) is 6.20 Å². The van der Waals surface area contributed by atoms with E-state index < -0.39 is 0 Å². The number of halogens is 3. The number of nitrogens with two attached hydrogens (primary N) is 1. The first kappa shape index (κ1) is 17.2. The van der Waals surface area contributed by atoms with Gasteiger partial charge in [0.1, 0.15) is 0 Å². The lowest BCUT2D eigenvalue weighted by Gasteiger charge is -2.18. The molecule has 2 rings (SSSR count). The second-order valence-corrected chi connectivity index (χ2v) is 7.53. The Balaban J connectivity index is 2.36. The molecular weight excluding hydrogens is 466 g/mol. The zero-order valence-corrected chi connectivity index (χ0v) is 16.4. The molecule has 1 unspecified atom stereocenters. The van der Waals surface area contributed by atoms with Crippen LogP contribution in [0.5, 0.6) is 0 Å². The van der Waals surface area contributed by atoms with E-state index in [2.05, 4.69) is 48.5 Å². The van der Waals surface area contributed by atoms with Gasteiger partial charge in [-0.05, 0) is 60.4 Å². The summed E-state index contributed by atoms with van der Waals surface area (Å²) < 4.78 is 4.01. The Labute approximate surface area is 151 Å². The van der Waals surface area contributed by atoms with Gasteiger partial charge in [-0.3, -0.25) is 4.68 Å². The zero-order valence-electron chi connectivity index (χ0n) is 11.9. The van der Waals surface area contributed by atoms with Gasteiger partial charge in [-0.2, -0.15) is 5.10 Å². The lowest BCUT2D eigenvalue weighted by Crippen LogP contribution is -2.24. The molecule has 0 aliphatic heterocycles. The molecule has 1 aromatic heterocycles. The number of rotatable bonds is 5. The number of benzene rings is 1. The van der Waals surface area contributed by atoms with Crippen molar-refractivity contribution in [2.45, 2.75) is 12.6 Å². The second kappa shape index (κ2) is 7.41. The maximum atomic E-state index is 6.45. The van der Waals surface area contributed by atoms with Crippen molar-refractivity contribution in [3.05, 3.63) is 48.7 Å². The van der Waals surface area contributed by atoms with Crippen LogP contribution in [-0.2, 0) is 6.54 Å². The van der Waals surface area contributed by atoms with Crippen LogP contribution in [0.15, 0.2) is 28.9 Å². The van der Waals surface area contributed by atoms with Crippen LogP contribution in [0.2, 0.25) is 5.02 Å². The summed E-state index contributed by atoms with van der Waals surface area (Å²) >= 11 is 12.1. The Bertz CT molecular complexity index is 629. The average molecular weight is 484 g/mol. The van der Waals surface area contributed by atoms with Crippen molar-refractivity contribution in [1.82, 2.24) is 14.7 Å². The normalized spacial score (nSPS) is 12.9. The van der Waals surface area contributed by atoms with Gasteiger partial charge in [0.05, 0.1) is 29.5 Å². The molecule has 2 aromatic rings. The van der Waals surface area contributed by atoms with Crippen molar-refractivity contribution >= 4 is 50.1 Å². The Kier molecular flexibility index (Phi) is 6.07. The quantitative estimate of drug-likeness (QED) is 0.663. The minimum Gasteiger partial charge on any atom is -0.319 e. The van der Waals surface area contributed by atoms with Crippen LogP contribution in [0, 0.1) is 3.57 Å². The third-order valence-electron chi connectivity index (χ3n) is 3.18. The van der Waals surface area contributed by atoms with Gasteiger partial charge in [0, 0.05) is 14.6 Å². The predicted octanol–water partition coefficient (Wildman–Crippen LogP) is 3.51. The molecule has 0 radical (unpaired) electrons. The highest BCUT2D eigenvalue weighted by Gasteiger charge is 2.20. The number of hydrogen-bond acceptors (Lipinski definition) is 3. The molecule has 0 aliphatic carbocycles. The highest BCUT2D eigenvalue weighted by molar-refractivity contribution is 14.1. The van der Waals surface area contributed by atoms with Gasteiger partial charge in [-0.15, -0.1) is 0 Å². The van der Waals surface area contributed by atoms with E-state index in [9.17, 15) is 0 Å². The van der Waals surface area contributed by atoms with Gasteiger partial charge < -0.3 is 10.6 Å². The van der Waals surface area contributed by atoms with E-state index in [4.69, 9.17) is 17.3 Å². The van der Waals surface area contributed by atoms with Crippen molar-refractivity contribution in [3.8, 4) is 0 Å². The molecule has 0 saturated heterocycles. The summed E-state index contributed by atoms with van der Waals surface area (Å²) in [6, 6.07) is 5.77. The molecular formula is C14H17BrClIN4.